The minimum Gasteiger partial charge on any atom is -0.462 e. The second kappa shape index (κ2) is 6.37. The van der Waals surface area contributed by atoms with Crippen LogP contribution in [0.2, 0.25) is 0 Å². The zero-order chi connectivity index (χ0) is 15.5. The minimum absolute atomic E-state index is 0.0306. The van der Waals surface area contributed by atoms with Crippen molar-refractivity contribution in [3.8, 4) is 0 Å². The molecule has 0 saturated heterocycles. The lowest BCUT2D eigenvalue weighted by Gasteiger charge is -2.40. The smallest absolute Gasteiger partial charge is 0.342 e. The van der Waals surface area contributed by atoms with Crippen LogP contribution in [0.1, 0.15) is 36.5 Å². The number of H-pyrrole nitrogens is 1. The molecule has 1 aliphatic carbocycles. The van der Waals surface area contributed by atoms with Gasteiger partial charge < -0.3 is 4.74 Å². The molecule has 0 spiro atoms. The molecule has 0 aliphatic heterocycles. The number of thioether (sulfide) groups is 1. The Labute approximate surface area is 128 Å². The number of sulfonamides is 1. The molecule has 0 bridgehead atoms. The van der Waals surface area contributed by atoms with Gasteiger partial charge in [0.15, 0.2) is 5.03 Å². The number of rotatable bonds is 7. The first-order valence-electron chi connectivity index (χ1n) is 6.69. The summed E-state index contributed by atoms with van der Waals surface area (Å²) in [7, 11) is -3.81. The second-order valence-electron chi connectivity index (χ2n) is 4.90. The highest BCUT2D eigenvalue weighted by atomic mass is 32.2. The largest absolute Gasteiger partial charge is 0.462 e. The van der Waals surface area contributed by atoms with Crippen molar-refractivity contribution in [2.75, 3.05) is 19.4 Å². The number of carbonyl (C=O) groups is 1. The van der Waals surface area contributed by atoms with Gasteiger partial charge >= 0.3 is 5.97 Å². The number of ether oxygens (including phenoxy) is 1. The van der Waals surface area contributed by atoms with Gasteiger partial charge in [-0.1, -0.05) is 6.42 Å². The number of nitrogens with one attached hydrogen (secondary N) is 2. The third-order valence-electron chi connectivity index (χ3n) is 3.65. The van der Waals surface area contributed by atoms with Crippen molar-refractivity contribution < 1.29 is 17.9 Å². The summed E-state index contributed by atoms with van der Waals surface area (Å²) in [5, 5.41) is 5.77. The Morgan fingerprint density at radius 2 is 2.29 bits per heavy atom. The average Bonchev–Trinajstić information content (AvgIpc) is 2.88. The Hall–Kier alpha value is -1.06. The van der Waals surface area contributed by atoms with Gasteiger partial charge in [0.2, 0.25) is 0 Å². The van der Waals surface area contributed by atoms with Crippen LogP contribution in [0.3, 0.4) is 0 Å². The quantitative estimate of drug-likeness (QED) is 0.726. The van der Waals surface area contributed by atoms with E-state index in [2.05, 4.69) is 14.9 Å². The van der Waals surface area contributed by atoms with E-state index in [0.29, 0.717) is 6.54 Å². The predicted octanol–water partition coefficient (Wildman–Crippen LogP) is 1.15. The molecule has 9 heteroatoms. The molecule has 0 unspecified atom stereocenters. The molecule has 0 atom stereocenters. The first-order chi connectivity index (χ1) is 9.94. The first kappa shape index (κ1) is 16.3. The van der Waals surface area contributed by atoms with Gasteiger partial charge in [-0.15, -0.1) is 0 Å². The zero-order valence-corrected chi connectivity index (χ0v) is 13.6. The summed E-state index contributed by atoms with van der Waals surface area (Å²) in [6.07, 6.45) is 6.24. The summed E-state index contributed by atoms with van der Waals surface area (Å²) in [6, 6.07) is 0. The lowest BCUT2D eigenvalue weighted by Crippen LogP contribution is -2.45. The van der Waals surface area contributed by atoms with Gasteiger partial charge in [0.25, 0.3) is 10.0 Å². The van der Waals surface area contributed by atoms with E-state index in [1.54, 1.807) is 18.7 Å². The standard InChI is InChI=1S/C12H19N3O4S2/c1-3-19-11(16)9-7-13-15-10(9)21(17,18)14-8-12(20-2)5-4-6-12/h7,14H,3-6,8H2,1-2H3,(H,13,15). The van der Waals surface area contributed by atoms with E-state index in [1.807, 2.05) is 6.26 Å². The molecule has 1 heterocycles. The minimum atomic E-state index is -3.81. The molecule has 0 aromatic carbocycles. The molecule has 1 aliphatic rings. The summed E-state index contributed by atoms with van der Waals surface area (Å²) in [4.78, 5) is 11.7. The van der Waals surface area contributed by atoms with Gasteiger partial charge in [-0.05, 0) is 26.0 Å². The molecule has 1 aromatic heterocycles. The predicted molar refractivity (Wildman–Crippen MR) is 79.8 cm³/mol. The third kappa shape index (κ3) is 3.41. The Morgan fingerprint density at radius 1 is 1.57 bits per heavy atom. The Morgan fingerprint density at radius 3 is 2.81 bits per heavy atom. The van der Waals surface area contributed by atoms with Crippen molar-refractivity contribution in [1.29, 1.82) is 0 Å². The first-order valence-corrected chi connectivity index (χ1v) is 9.40. The van der Waals surface area contributed by atoms with Crippen molar-refractivity contribution in [2.45, 2.75) is 36.0 Å². The van der Waals surface area contributed by atoms with Crippen LogP contribution in [0.15, 0.2) is 11.2 Å². The lowest BCUT2D eigenvalue weighted by molar-refractivity contribution is 0.0522. The van der Waals surface area contributed by atoms with E-state index in [9.17, 15) is 13.2 Å². The molecule has 0 radical (unpaired) electrons. The molecule has 1 aromatic rings. The maximum atomic E-state index is 12.3. The molecule has 0 amide bonds. The van der Waals surface area contributed by atoms with Crippen molar-refractivity contribution >= 4 is 27.8 Å². The van der Waals surface area contributed by atoms with Gasteiger partial charge in [0, 0.05) is 11.3 Å². The van der Waals surface area contributed by atoms with Gasteiger partial charge in [0.05, 0.1) is 12.8 Å². The van der Waals surface area contributed by atoms with E-state index in [4.69, 9.17) is 4.74 Å². The zero-order valence-electron chi connectivity index (χ0n) is 12.0. The molecular weight excluding hydrogens is 314 g/mol. The molecule has 118 valence electrons. The highest BCUT2D eigenvalue weighted by molar-refractivity contribution is 8.00. The number of nitrogens with zero attached hydrogens (tertiary/aromatic N) is 1. The fraction of sp³-hybridized carbons (Fsp3) is 0.667. The van der Waals surface area contributed by atoms with Crippen LogP contribution < -0.4 is 4.72 Å². The van der Waals surface area contributed by atoms with Crippen molar-refractivity contribution in [2.24, 2.45) is 0 Å². The topological polar surface area (TPSA) is 101 Å². The Balaban J connectivity index is 2.13. The summed E-state index contributed by atoms with van der Waals surface area (Å²) >= 11 is 1.67. The van der Waals surface area contributed by atoms with Crippen LogP contribution in [0, 0.1) is 0 Å². The number of esters is 1. The van der Waals surface area contributed by atoms with Crippen LogP contribution in [0.25, 0.3) is 0 Å². The van der Waals surface area contributed by atoms with E-state index in [1.165, 1.54) is 6.20 Å². The van der Waals surface area contributed by atoms with Crippen LogP contribution in [-0.4, -0.2) is 48.7 Å². The maximum absolute atomic E-state index is 12.3. The fourth-order valence-electron chi connectivity index (χ4n) is 2.16. The van der Waals surface area contributed by atoms with E-state index in [-0.39, 0.29) is 21.9 Å². The number of carbonyl (C=O) groups excluding carboxylic acids is 1. The van der Waals surface area contributed by atoms with Gasteiger partial charge in [-0.2, -0.15) is 16.9 Å². The number of aromatic nitrogens is 2. The van der Waals surface area contributed by atoms with Crippen LogP contribution in [0.5, 0.6) is 0 Å². The number of aromatic amines is 1. The molecule has 2 rings (SSSR count). The monoisotopic (exact) mass is 333 g/mol. The van der Waals surface area contributed by atoms with Gasteiger partial charge in [-0.3, -0.25) is 5.10 Å². The second-order valence-corrected chi connectivity index (χ2v) is 7.88. The molecule has 7 nitrogen and oxygen atoms in total. The summed E-state index contributed by atoms with van der Waals surface area (Å²) in [5.74, 6) is -0.699. The maximum Gasteiger partial charge on any atom is 0.342 e. The Bertz CT molecular complexity index is 602. The molecule has 1 fully saturated rings. The van der Waals surface area contributed by atoms with E-state index < -0.39 is 16.0 Å². The molecular formula is C12H19N3O4S2. The van der Waals surface area contributed by atoms with Crippen molar-refractivity contribution in [3.05, 3.63) is 11.8 Å². The highest BCUT2D eigenvalue weighted by Crippen LogP contribution is 2.42. The van der Waals surface area contributed by atoms with Gasteiger partial charge in [-0.25, -0.2) is 17.9 Å². The van der Waals surface area contributed by atoms with Gasteiger partial charge in [0.1, 0.15) is 5.56 Å². The summed E-state index contributed by atoms with van der Waals surface area (Å²) in [6.45, 7) is 2.17. The summed E-state index contributed by atoms with van der Waals surface area (Å²) < 4.78 is 32.0. The highest BCUT2D eigenvalue weighted by Gasteiger charge is 2.38. The molecule has 21 heavy (non-hydrogen) atoms. The summed E-state index contributed by atoms with van der Waals surface area (Å²) in [5.41, 5.74) is -0.0730. The molecule has 2 N–H and O–H groups in total. The number of hydrogen-bond donors (Lipinski definition) is 2. The average molecular weight is 333 g/mol. The van der Waals surface area contributed by atoms with Crippen LogP contribution in [-0.2, 0) is 14.8 Å². The normalized spacial score (nSPS) is 17.2. The molecule has 1 saturated carbocycles. The van der Waals surface area contributed by atoms with E-state index >= 15 is 0 Å². The van der Waals surface area contributed by atoms with Crippen LogP contribution in [0.4, 0.5) is 0 Å². The third-order valence-corrected chi connectivity index (χ3v) is 6.44. The Kier molecular flexibility index (Phi) is 4.95. The van der Waals surface area contributed by atoms with Crippen molar-refractivity contribution in [1.82, 2.24) is 14.9 Å². The van der Waals surface area contributed by atoms with Crippen LogP contribution >= 0.6 is 11.8 Å². The fourth-order valence-corrected chi connectivity index (χ4v) is 4.37. The number of hydrogen-bond acceptors (Lipinski definition) is 6. The lowest BCUT2D eigenvalue weighted by atomic mass is 9.84. The van der Waals surface area contributed by atoms with E-state index in [0.717, 1.165) is 19.3 Å². The van der Waals surface area contributed by atoms with Crippen molar-refractivity contribution in [3.63, 3.8) is 0 Å². The SMILES string of the molecule is CCOC(=O)c1cn[nH]c1S(=O)(=O)NCC1(SC)CCC1.